The average molecular weight is 395 g/mol. The Bertz CT molecular complexity index is 961. The fraction of sp³-hybridized carbons (Fsp3) is 0.148. The van der Waals surface area contributed by atoms with Crippen LogP contribution in [0.25, 0.3) is 0 Å². The Balaban J connectivity index is 1.41. The molecule has 0 fully saturated rings. The molecule has 1 heterocycles. The van der Waals surface area contributed by atoms with Gasteiger partial charge < -0.3 is 4.74 Å². The Morgan fingerprint density at radius 3 is 1.63 bits per heavy atom. The van der Waals surface area contributed by atoms with Gasteiger partial charge in [-0.25, -0.2) is 0 Å². The minimum atomic E-state index is 0.480. The van der Waals surface area contributed by atoms with E-state index in [1.54, 1.807) is 6.20 Å². The molecule has 0 N–H and O–H groups in total. The van der Waals surface area contributed by atoms with Crippen molar-refractivity contribution in [3.05, 3.63) is 132 Å². The van der Waals surface area contributed by atoms with Gasteiger partial charge >= 0.3 is 0 Å². The standard InChI is InChI=1S/C27H26N2O/c1-3-9-23(10-4-1)19-29(20-24-11-5-2-6-12-24)21-25-14-16-27(17-15-25)30-22-26-13-7-8-18-28-26/h1-18H,19-22H2. The molecule has 3 nitrogen and oxygen atoms in total. The lowest BCUT2D eigenvalue weighted by molar-refractivity contribution is 0.247. The summed E-state index contributed by atoms with van der Waals surface area (Å²) in [4.78, 5) is 6.77. The maximum absolute atomic E-state index is 5.87. The van der Waals surface area contributed by atoms with Gasteiger partial charge in [-0.2, -0.15) is 0 Å². The van der Waals surface area contributed by atoms with Crippen molar-refractivity contribution in [1.82, 2.24) is 9.88 Å². The predicted octanol–water partition coefficient (Wildman–Crippen LogP) is 5.86. The number of rotatable bonds is 9. The van der Waals surface area contributed by atoms with Crippen molar-refractivity contribution < 1.29 is 4.74 Å². The molecule has 0 aliphatic carbocycles. The molecule has 4 aromatic rings. The molecule has 0 amide bonds. The van der Waals surface area contributed by atoms with Crippen molar-refractivity contribution in [3.8, 4) is 5.75 Å². The summed E-state index contributed by atoms with van der Waals surface area (Å²) in [5.74, 6) is 0.863. The van der Waals surface area contributed by atoms with Crippen LogP contribution in [-0.2, 0) is 26.2 Å². The maximum Gasteiger partial charge on any atom is 0.130 e. The van der Waals surface area contributed by atoms with Crippen LogP contribution in [0.1, 0.15) is 22.4 Å². The van der Waals surface area contributed by atoms with E-state index in [2.05, 4.69) is 82.7 Å². The highest BCUT2D eigenvalue weighted by molar-refractivity contribution is 5.28. The van der Waals surface area contributed by atoms with E-state index >= 15 is 0 Å². The number of nitrogens with zero attached hydrogens (tertiary/aromatic N) is 2. The average Bonchev–Trinajstić information content (AvgIpc) is 2.81. The minimum Gasteiger partial charge on any atom is -0.487 e. The fourth-order valence-corrected chi connectivity index (χ4v) is 3.44. The molecule has 3 heteroatoms. The van der Waals surface area contributed by atoms with Gasteiger partial charge in [0, 0.05) is 25.8 Å². The largest absolute Gasteiger partial charge is 0.487 e. The number of benzene rings is 3. The molecule has 0 atom stereocenters. The molecule has 1 aromatic heterocycles. The second-order valence-electron chi connectivity index (χ2n) is 7.37. The van der Waals surface area contributed by atoms with Crippen LogP contribution in [0.15, 0.2) is 109 Å². The van der Waals surface area contributed by atoms with E-state index in [1.165, 1.54) is 16.7 Å². The Kier molecular flexibility index (Phi) is 6.87. The third-order valence-electron chi connectivity index (χ3n) is 4.94. The first-order chi connectivity index (χ1) is 14.8. The lowest BCUT2D eigenvalue weighted by Gasteiger charge is -2.23. The summed E-state index contributed by atoms with van der Waals surface area (Å²) in [6.07, 6.45) is 1.79. The lowest BCUT2D eigenvalue weighted by atomic mass is 10.1. The molecular formula is C27H26N2O. The zero-order chi connectivity index (χ0) is 20.4. The molecule has 0 aliphatic heterocycles. The molecule has 0 aliphatic rings. The van der Waals surface area contributed by atoms with Gasteiger partial charge in [0.1, 0.15) is 12.4 Å². The highest BCUT2D eigenvalue weighted by Gasteiger charge is 2.09. The summed E-state index contributed by atoms with van der Waals surface area (Å²) >= 11 is 0. The van der Waals surface area contributed by atoms with Crippen molar-refractivity contribution in [1.29, 1.82) is 0 Å². The number of ether oxygens (including phenoxy) is 1. The third-order valence-corrected chi connectivity index (χ3v) is 4.94. The minimum absolute atomic E-state index is 0.480. The third kappa shape index (κ3) is 6.03. The maximum atomic E-state index is 5.87. The van der Waals surface area contributed by atoms with Gasteiger partial charge in [-0.15, -0.1) is 0 Å². The van der Waals surface area contributed by atoms with Crippen molar-refractivity contribution in [3.63, 3.8) is 0 Å². The number of hydrogen-bond donors (Lipinski definition) is 0. The molecule has 0 spiro atoms. The number of aromatic nitrogens is 1. The highest BCUT2D eigenvalue weighted by Crippen LogP contribution is 2.18. The first-order valence-electron chi connectivity index (χ1n) is 10.3. The van der Waals surface area contributed by atoms with Gasteiger partial charge in [-0.05, 0) is 41.0 Å². The molecule has 3 aromatic carbocycles. The molecular weight excluding hydrogens is 368 g/mol. The predicted molar refractivity (Wildman–Crippen MR) is 121 cm³/mol. The zero-order valence-electron chi connectivity index (χ0n) is 17.0. The Morgan fingerprint density at radius 1 is 0.567 bits per heavy atom. The van der Waals surface area contributed by atoms with E-state index in [4.69, 9.17) is 4.74 Å². The first kappa shape index (κ1) is 19.9. The molecule has 0 saturated heterocycles. The summed E-state index contributed by atoms with van der Waals surface area (Å²) in [6.45, 7) is 3.18. The van der Waals surface area contributed by atoms with Crippen molar-refractivity contribution in [2.75, 3.05) is 0 Å². The normalized spacial score (nSPS) is 10.8. The zero-order valence-corrected chi connectivity index (χ0v) is 17.0. The number of hydrogen-bond acceptors (Lipinski definition) is 3. The van der Waals surface area contributed by atoms with Gasteiger partial charge in [0.05, 0.1) is 5.69 Å². The summed E-state index contributed by atoms with van der Waals surface area (Å²) < 4.78 is 5.87. The van der Waals surface area contributed by atoms with Crippen LogP contribution < -0.4 is 4.74 Å². The van der Waals surface area contributed by atoms with E-state index in [0.29, 0.717) is 6.61 Å². The highest BCUT2D eigenvalue weighted by atomic mass is 16.5. The van der Waals surface area contributed by atoms with Crippen LogP contribution in [0, 0.1) is 0 Å². The Hall–Kier alpha value is -3.43. The van der Waals surface area contributed by atoms with Crippen LogP contribution in [0.3, 0.4) is 0 Å². The van der Waals surface area contributed by atoms with E-state index in [0.717, 1.165) is 31.1 Å². The van der Waals surface area contributed by atoms with E-state index in [-0.39, 0.29) is 0 Å². The van der Waals surface area contributed by atoms with Gasteiger partial charge in [-0.1, -0.05) is 78.9 Å². The lowest BCUT2D eigenvalue weighted by Crippen LogP contribution is -2.22. The molecule has 0 radical (unpaired) electrons. The van der Waals surface area contributed by atoms with Gasteiger partial charge in [0.2, 0.25) is 0 Å². The van der Waals surface area contributed by atoms with Crippen molar-refractivity contribution >= 4 is 0 Å². The SMILES string of the molecule is c1ccc(CN(Cc2ccccc2)Cc2ccc(OCc3ccccn3)cc2)cc1. The summed E-state index contributed by atoms with van der Waals surface area (Å²) in [7, 11) is 0. The summed E-state index contributed by atoms with van der Waals surface area (Å²) in [5.41, 5.74) is 4.85. The molecule has 0 saturated carbocycles. The van der Waals surface area contributed by atoms with Gasteiger partial charge in [-0.3, -0.25) is 9.88 Å². The Labute approximate surface area is 178 Å². The molecule has 0 unspecified atom stereocenters. The van der Waals surface area contributed by atoms with E-state index in [1.807, 2.05) is 30.3 Å². The van der Waals surface area contributed by atoms with E-state index < -0.39 is 0 Å². The monoisotopic (exact) mass is 394 g/mol. The first-order valence-corrected chi connectivity index (χ1v) is 10.3. The molecule has 0 bridgehead atoms. The van der Waals surface area contributed by atoms with Crippen LogP contribution in [0.2, 0.25) is 0 Å². The second kappa shape index (κ2) is 10.4. The van der Waals surface area contributed by atoms with Crippen molar-refractivity contribution in [2.45, 2.75) is 26.2 Å². The summed E-state index contributed by atoms with van der Waals surface area (Å²) in [5, 5.41) is 0. The van der Waals surface area contributed by atoms with E-state index in [9.17, 15) is 0 Å². The Morgan fingerprint density at radius 2 is 1.10 bits per heavy atom. The van der Waals surface area contributed by atoms with Crippen LogP contribution in [-0.4, -0.2) is 9.88 Å². The van der Waals surface area contributed by atoms with Gasteiger partial charge in [0.15, 0.2) is 0 Å². The smallest absolute Gasteiger partial charge is 0.130 e. The summed E-state index contributed by atoms with van der Waals surface area (Å²) in [6, 6.07) is 35.5. The second-order valence-corrected chi connectivity index (χ2v) is 7.37. The molecule has 30 heavy (non-hydrogen) atoms. The van der Waals surface area contributed by atoms with Crippen LogP contribution in [0.4, 0.5) is 0 Å². The molecule has 150 valence electrons. The van der Waals surface area contributed by atoms with Crippen LogP contribution >= 0.6 is 0 Å². The molecule has 4 rings (SSSR count). The fourth-order valence-electron chi connectivity index (χ4n) is 3.44. The van der Waals surface area contributed by atoms with Crippen molar-refractivity contribution in [2.24, 2.45) is 0 Å². The van der Waals surface area contributed by atoms with Gasteiger partial charge in [0.25, 0.3) is 0 Å². The number of pyridine rings is 1. The topological polar surface area (TPSA) is 25.4 Å². The quantitative estimate of drug-likeness (QED) is 0.355. The van der Waals surface area contributed by atoms with Crippen LogP contribution in [0.5, 0.6) is 5.75 Å².